The molecule has 124 valence electrons. The Morgan fingerprint density at radius 3 is 2.10 bits per heavy atom. The van der Waals surface area contributed by atoms with E-state index in [-0.39, 0.29) is 36.2 Å². The molecule has 0 spiro atoms. The molecule has 3 nitrogen and oxygen atoms in total. The van der Waals surface area contributed by atoms with E-state index in [1.807, 2.05) is 20.8 Å². The topological polar surface area (TPSA) is 41.1 Å². The fourth-order valence-corrected chi connectivity index (χ4v) is 2.61. The lowest BCUT2D eigenvalue weighted by molar-refractivity contribution is -0.183. The van der Waals surface area contributed by atoms with Gasteiger partial charge in [0.1, 0.15) is 0 Å². The summed E-state index contributed by atoms with van der Waals surface area (Å²) in [7, 11) is 0. The van der Waals surface area contributed by atoms with Crippen LogP contribution >= 0.6 is 0 Å². The van der Waals surface area contributed by atoms with E-state index in [0.717, 1.165) is 0 Å². The van der Waals surface area contributed by atoms with Crippen LogP contribution in [0.25, 0.3) is 0 Å². The molecule has 6 heteroatoms. The van der Waals surface area contributed by atoms with Crippen LogP contribution in [0, 0.1) is 11.8 Å². The van der Waals surface area contributed by atoms with E-state index in [0.29, 0.717) is 19.4 Å². The largest absolute Gasteiger partial charge is 0.391 e. The maximum Gasteiger partial charge on any atom is 0.391 e. The molecule has 0 aromatic carbocycles. The Morgan fingerprint density at radius 1 is 1.14 bits per heavy atom. The van der Waals surface area contributed by atoms with Crippen LogP contribution in [-0.2, 0) is 4.79 Å². The zero-order valence-electron chi connectivity index (χ0n) is 13.3. The van der Waals surface area contributed by atoms with Crippen molar-refractivity contribution >= 4 is 5.91 Å². The highest BCUT2D eigenvalue weighted by atomic mass is 19.4. The molecule has 0 aromatic heterocycles. The average molecular weight is 308 g/mol. The van der Waals surface area contributed by atoms with E-state index >= 15 is 0 Å². The monoisotopic (exact) mass is 308 g/mol. The van der Waals surface area contributed by atoms with E-state index in [2.05, 4.69) is 10.6 Å². The third-order valence-corrected chi connectivity index (χ3v) is 3.91. The Morgan fingerprint density at radius 2 is 1.67 bits per heavy atom. The van der Waals surface area contributed by atoms with Gasteiger partial charge in [-0.15, -0.1) is 0 Å². The minimum Gasteiger partial charge on any atom is -0.350 e. The third kappa shape index (κ3) is 6.68. The van der Waals surface area contributed by atoms with Gasteiger partial charge in [0.2, 0.25) is 5.91 Å². The summed E-state index contributed by atoms with van der Waals surface area (Å²) in [6.45, 7) is 8.12. The molecule has 1 fully saturated rings. The lowest BCUT2D eigenvalue weighted by Gasteiger charge is -2.31. The molecule has 1 saturated carbocycles. The van der Waals surface area contributed by atoms with Gasteiger partial charge >= 0.3 is 6.18 Å². The van der Waals surface area contributed by atoms with Gasteiger partial charge in [-0.2, -0.15) is 13.2 Å². The van der Waals surface area contributed by atoms with Gasteiger partial charge in [0, 0.05) is 5.54 Å². The van der Waals surface area contributed by atoms with Crippen molar-refractivity contribution in [2.75, 3.05) is 6.54 Å². The van der Waals surface area contributed by atoms with E-state index < -0.39 is 12.1 Å². The second-order valence-electron chi connectivity index (χ2n) is 7.13. The molecular formula is C15H27F3N2O. The van der Waals surface area contributed by atoms with Crippen LogP contribution < -0.4 is 10.6 Å². The molecule has 0 bridgehead atoms. The van der Waals surface area contributed by atoms with Gasteiger partial charge in [0.05, 0.1) is 12.0 Å². The number of nitrogens with one attached hydrogen (secondary N) is 2. The van der Waals surface area contributed by atoms with Crippen molar-refractivity contribution in [2.24, 2.45) is 11.8 Å². The molecule has 1 aliphatic rings. The first-order valence-electron chi connectivity index (χ1n) is 7.61. The summed E-state index contributed by atoms with van der Waals surface area (Å²) in [4.78, 5) is 11.9. The number of carbonyl (C=O) groups is 1. The van der Waals surface area contributed by atoms with Gasteiger partial charge in [-0.3, -0.25) is 4.79 Å². The number of carbonyl (C=O) groups excluding carboxylic acids is 1. The summed E-state index contributed by atoms with van der Waals surface area (Å²) in [6, 6.07) is -0.329. The minimum atomic E-state index is -4.06. The van der Waals surface area contributed by atoms with Crippen LogP contribution in [0.5, 0.6) is 0 Å². The first kappa shape index (κ1) is 18.3. The minimum absolute atomic E-state index is 0.0773. The fourth-order valence-electron chi connectivity index (χ4n) is 2.61. The predicted octanol–water partition coefficient (Wildman–Crippen LogP) is 3.25. The van der Waals surface area contributed by atoms with E-state index in [4.69, 9.17) is 0 Å². The molecule has 21 heavy (non-hydrogen) atoms. The third-order valence-electron chi connectivity index (χ3n) is 3.91. The van der Waals surface area contributed by atoms with Crippen molar-refractivity contribution in [3.8, 4) is 0 Å². The number of rotatable bonds is 4. The molecular weight excluding hydrogens is 281 g/mol. The molecule has 1 aliphatic carbocycles. The van der Waals surface area contributed by atoms with Crippen molar-refractivity contribution in [3.63, 3.8) is 0 Å². The van der Waals surface area contributed by atoms with Crippen LogP contribution in [0.2, 0.25) is 0 Å². The van der Waals surface area contributed by atoms with E-state index in [1.54, 1.807) is 6.92 Å². The summed E-state index contributed by atoms with van der Waals surface area (Å²) in [6.07, 6.45) is -2.50. The maximum atomic E-state index is 12.6. The second-order valence-corrected chi connectivity index (χ2v) is 7.13. The molecule has 1 rings (SSSR count). The number of amides is 1. The molecule has 0 aromatic rings. The molecule has 2 N–H and O–H groups in total. The summed E-state index contributed by atoms with van der Waals surface area (Å²) in [5.74, 6) is -0.990. The molecule has 0 heterocycles. The number of hydrogen-bond donors (Lipinski definition) is 2. The summed E-state index contributed by atoms with van der Waals surface area (Å²) in [5, 5.41) is 6.02. The fraction of sp³-hybridized carbons (Fsp3) is 0.933. The summed E-state index contributed by atoms with van der Waals surface area (Å²) < 4.78 is 37.7. The van der Waals surface area contributed by atoms with Crippen molar-refractivity contribution in [1.29, 1.82) is 0 Å². The number of halogens is 3. The Balaban J connectivity index is 2.29. The highest BCUT2D eigenvalue weighted by molar-refractivity contribution is 5.81. The SMILES string of the molecule is CC(NCC1CCC(C(F)(F)F)CC1)C(=O)NC(C)(C)C. The van der Waals surface area contributed by atoms with E-state index in [9.17, 15) is 18.0 Å². The Kier molecular flexibility index (Phi) is 6.08. The first-order valence-corrected chi connectivity index (χ1v) is 7.61. The first-order chi connectivity index (χ1) is 9.49. The van der Waals surface area contributed by atoms with Crippen LogP contribution in [0.3, 0.4) is 0 Å². The Bertz CT molecular complexity index is 342. The van der Waals surface area contributed by atoms with Crippen molar-refractivity contribution < 1.29 is 18.0 Å². The van der Waals surface area contributed by atoms with Crippen molar-refractivity contribution in [3.05, 3.63) is 0 Å². The maximum absolute atomic E-state index is 12.6. The van der Waals surface area contributed by atoms with Gasteiger partial charge in [0.15, 0.2) is 0 Å². The average Bonchev–Trinajstić information content (AvgIpc) is 2.33. The molecule has 1 unspecified atom stereocenters. The van der Waals surface area contributed by atoms with Crippen molar-refractivity contribution in [2.45, 2.75) is 71.1 Å². The summed E-state index contributed by atoms with van der Waals surface area (Å²) in [5.41, 5.74) is -0.280. The van der Waals surface area contributed by atoms with Gasteiger partial charge in [-0.25, -0.2) is 0 Å². The second kappa shape index (κ2) is 6.99. The standard InChI is InChI=1S/C15H27F3N2O/c1-10(13(21)20-14(2,3)4)19-9-11-5-7-12(8-6-11)15(16,17)18/h10-12,19H,5-9H2,1-4H3,(H,20,21). The van der Waals surface area contributed by atoms with Gasteiger partial charge in [-0.05, 0) is 65.8 Å². The lowest BCUT2D eigenvalue weighted by Crippen LogP contribution is -2.50. The molecule has 0 radical (unpaired) electrons. The lowest BCUT2D eigenvalue weighted by atomic mass is 9.81. The Hall–Kier alpha value is -0.780. The number of alkyl halides is 3. The van der Waals surface area contributed by atoms with Gasteiger partial charge in [-0.1, -0.05) is 0 Å². The van der Waals surface area contributed by atoms with Crippen LogP contribution in [0.1, 0.15) is 53.4 Å². The van der Waals surface area contributed by atoms with Crippen LogP contribution in [0.15, 0.2) is 0 Å². The molecule has 1 amide bonds. The normalized spacial score (nSPS) is 25.5. The van der Waals surface area contributed by atoms with E-state index in [1.165, 1.54) is 0 Å². The van der Waals surface area contributed by atoms with Gasteiger partial charge in [0.25, 0.3) is 0 Å². The molecule has 1 atom stereocenters. The molecule has 0 saturated heterocycles. The zero-order chi connectivity index (χ0) is 16.3. The predicted molar refractivity (Wildman–Crippen MR) is 76.9 cm³/mol. The van der Waals surface area contributed by atoms with Crippen LogP contribution in [-0.4, -0.2) is 30.2 Å². The highest BCUT2D eigenvalue weighted by Gasteiger charge is 2.41. The summed E-state index contributed by atoms with van der Waals surface area (Å²) >= 11 is 0. The number of hydrogen-bond acceptors (Lipinski definition) is 2. The Labute approximate surface area is 125 Å². The quantitative estimate of drug-likeness (QED) is 0.837. The highest BCUT2D eigenvalue weighted by Crippen LogP contribution is 2.39. The smallest absolute Gasteiger partial charge is 0.350 e. The molecule has 0 aliphatic heterocycles. The van der Waals surface area contributed by atoms with Gasteiger partial charge < -0.3 is 10.6 Å². The van der Waals surface area contributed by atoms with Crippen LogP contribution in [0.4, 0.5) is 13.2 Å². The zero-order valence-corrected chi connectivity index (χ0v) is 13.3. The van der Waals surface area contributed by atoms with Crippen molar-refractivity contribution in [1.82, 2.24) is 10.6 Å².